The number of imidazole rings is 1. The summed E-state index contributed by atoms with van der Waals surface area (Å²) in [6.45, 7) is 1.27. The van der Waals surface area contributed by atoms with Crippen LogP contribution in [0.4, 0.5) is 0 Å². The molecule has 0 bridgehead atoms. The van der Waals surface area contributed by atoms with Crippen LogP contribution in [0.15, 0.2) is 12.4 Å². The predicted molar refractivity (Wildman–Crippen MR) is 55.8 cm³/mol. The summed E-state index contributed by atoms with van der Waals surface area (Å²) in [7, 11) is -2.59. The summed E-state index contributed by atoms with van der Waals surface area (Å²) in [5, 5.41) is -1.24. The Balaban J connectivity index is 2.62. The van der Waals surface area contributed by atoms with Crippen LogP contribution in [0.3, 0.4) is 0 Å². The maximum atomic E-state index is 11.6. The third-order valence-corrected chi connectivity index (χ3v) is 3.66. The molecule has 1 aromatic rings. The van der Waals surface area contributed by atoms with Crippen molar-refractivity contribution in [2.45, 2.75) is 18.7 Å². The Morgan fingerprint density at radius 3 is 2.88 bits per heavy atom. The molecule has 0 saturated carbocycles. The van der Waals surface area contributed by atoms with Crippen LogP contribution in [-0.4, -0.2) is 36.7 Å². The Hall–Kier alpha value is -1.41. The van der Waals surface area contributed by atoms with Crippen LogP contribution in [-0.2, 0) is 26.1 Å². The molecule has 1 atom stereocenters. The average molecular weight is 247 g/mol. The first-order chi connectivity index (χ1) is 7.47. The van der Waals surface area contributed by atoms with Gasteiger partial charge in [0.1, 0.15) is 5.82 Å². The minimum atomic E-state index is -3.73. The van der Waals surface area contributed by atoms with Gasteiger partial charge in [0.2, 0.25) is 10.0 Å². The monoisotopic (exact) mass is 247 g/mol. The van der Waals surface area contributed by atoms with Gasteiger partial charge in [0, 0.05) is 12.4 Å². The van der Waals surface area contributed by atoms with E-state index in [-0.39, 0.29) is 6.54 Å². The summed E-state index contributed by atoms with van der Waals surface area (Å²) in [5.41, 5.74) is 0. The first-order valence-electron chi connectivity index (χ1n) is 4.52. The molecule has 0 aliphatic heterocycles. The van der Waals surface area contributed by atoms with Crippen molar-refractivity contribution in [2.24, 2.45) is 0 Å². The van der Waals surface area contributed by atoms with E-state index in [4.69, 9.17) is 0 Å². The van der Waals surface area contributed by atoms with Gasteiger partial charge in [-0.2, -0.15) is 0 Å². The first kappa shape index (κ1) is 12.7. The van der Waals surface area contributed by atoms with Gasteiger partial charge in [-0.1, -0.05) is 0 Å². The number of sulfonamides is 1. The van der Waals surface area contributed by atoms with Crippen molar-refractivity contribution in [3.8, 4) is 0 Å². The van der Waals surface area contributed by atoms with Crippen LogP contribution in [0.25, 0.3) is 0 Å². The molecule has 1 rings (SSSR count). The molecule has 90 valence electrons. The number of esters is 1. The highest BCUT2D eigenvalue weighted by Gasteiger charge is 2.28. The highest BCUT2D eigenvalue weighted by molar-refractivity contribution is 7.90. The molecule has 1 unspecified atom stereocenters. The summed E-state index contributed by atoms with van der Waals surface area (Å²) in [4.78, 5) is 17.6. The third-order valence-electron chi connectivity index (χ3n) is 1.99. The van der Waals surface area contributed by atoms with Crippen molar-refractivity contribution in [1.82, 2.24) is 14.7 Å². The van der Waals surface area contributed by atoms with Crippen LogP contribution < -0.4 is 4.72 Å². The van der Waals surface area contributed by atoms with Gasteiger partial charge in [-0.05, 0) is 6.92 Å². The maximum Gasteiger partial charge on any atom is 0.325 e. The Morgan fingerprint density at radius 1 is 1.69 bits per heavy atom. The van der Waals surface area contributed by atoms with Crippen molar-refractivity contribution >= 4 is 16.0 Å². The van der Waals surface area contributed by atoms with E-state index in [1.165, 1.54) is 13.1 Å². The largest absolute Gasteiger partial charge is 0.468 e. The Kier molecular flexibility index (Phi) is 4.02. The molecule has 0 amide bonds. The lowest BCUT2D eigenvalue weighted by Gasteiger charge is -2.10. The fraction of sp³-hybridized carbons (Fsp3) is 0.500. The van der Waals surface area contributed by atoms with Gasteiger partial charge in [0.15, 0.2) is 5.25 Å². The number of hydrogen-bond acceptors (Lipinski definition) is 5. The van der Waals surface area contributed by atoms with Crippen LogP contribution in [0.5, 0.6) is 0 Å². The number of rotatable bonds is 5. The molecule has 16 heavy (non-hydrogen) atoms. The molecule has 0 aromatic carbocycles. The summed E-state index contributed by atoms with van der Waals surface area (Å²) < 4.78 is 29.8. The number of aromatic nitrogens is 2. The average Bonchev–Trinajstić information content (AvgIpc) is 2.77. The third kappa shape index (κ3) is 3.04. The summed E-state index contributed by atoms with van der Waals surface area (Å²) in [6, 6.07) is 0. The number of carbonyl (C=O) groups excluding carboxylic acids is 1. The topological polar surface area (TPSA) is 101 Å². The van der Waals surface area contributed by atoms with Gasteiger partial charge in [0.25, 0.3) is 0 Å². The minimum absolute atomic E-state index is 0.0106. The molecule has 0 saturated heterocycles. The molecule has 0 aliphatic carbocycles. The van der Waals surface area contributed by atoms with E-state index < -0.39 is 21.2 Å². The number of ether oxygens (including phenoxy) is 1. The predicted octanol–water partition coefficient (Wildman–Crippen LogP) is -0.609. The SMILES string of the molecule is COC(=O)C(C)S(=O)(=O)NCc1ncc[nH]1. The zero-order valence-electron chi connectivity index (χ0n) is 8.93. The minimum Gasteiger partial charge on any atom is -0.468 e. The van der Waals surface area contributed by atoms with Crippen molar-refractivity contribution in [3.63, 3.8) is 0 Å². The lowest BCUT2D eigenvalue weighted by Crippen LogP contribution is -2.38. The van der Waals surface area contributed by atoms with E-state index in [1.807, 2.05) is 0 Å². The molecule has 0 fully saturated rings. The normalized spacial score (nSPS) is 13.4. The summed E-state index contributed by atoms with van der Waals surface area (Å²) in [5.74, 6) is -0.326. The molecular formula is C8H13N3O4S. The maximum absolute atomic E-state index is 11.6. The Bertz CT molecular complexity index is 440. The number of carbonyl (C=O) groups is 1. The van der Waals surface area contributed by atoms with Gasteiger partial charge in [-0.15, -0.1) is 0 Å². The quantitative estimate of drug-likeness (QED) is 0.676. The van der Waals surface area contributed by atoms with E-state index in [2.05, 4.69) is 19.4 Å². The van der Waals surface area contributed by atoms with Crippen molar-refractivity contribution < 1.29 is 17.9 Å². The molecular weight excluding hydrogens is 234 g/mol. The van der Waals surface area contributed by atoms with Gasteiger partial charge >= 0.3 is 5.97 Å². The van der Waals surface area contributed by atoms with Crippen LogP contribution in [0.1, 0.15) is 12.7 Å². The standard InChI is InChI=1S/C8H13N3O4S/c1-6(8(12)15-2)16(13,14)11-5-7-9-3-4-10-7/h3-4,6,11H,5H2,1-2H3,(H,9,10). The number of H-pyrrole nitrogens is 1. The number of nitrogens with zero attached hydrogens (tertiary/aromatic N) is 1. The number of nitrogens with one attached hydrogen (secondary N) is 2. The van der Waals surface area contributed by atoms with Crippen molar-refractivity contribution in [3.05, 3.63) is 18.2 Å². The molecule has 8 heteroatoms. The molecule has 1 heterocycles. The smallest absolute Gasteiger partial charge is 0.325 e. The van der Waals surface area contributed by atoms with E-state index in [0.717, 1.165) is 7.11 Å². The number of hydrogen-bond donors (Lipinski definition) is 2. The lowest BCUT2D eigenvalue weighted by atomic mass is 10.5. The Morgan fingerprint density at radius 2 is 2.38 bits per heavy atom. The highest BCUT2D eigenvalue weighted by atomic mass is 32.2. The van der Waals surface area contributed by atoms with Crippen LogP contribution >= 0.6 is 0 Å². The zero-order chi connectivity index (χ0) is 12.2. The number of aromatic amines is 1. The zero-order valence-corrected chi connectivity index (χ0v) is 9.74. The molecule has 7 nitrogen and oxygen atoms in total. The van der Waals surface area contributed by atoms with Crippen LogP contribution in [0.2, 0.25) is 0 Å². The van der Waals surface area contributed by atoms with Crippen LogP contribution in [0, 0.1) is 0 Å². The molecule has 1 aromatic heterocycles. The molecule has 0 radical (unpaired) electrons. The second kappa shape index (κ2) is 5.08. The van der Waals surface area contributed by atoms with Gasteiger partial charge in [0.05, 0.1) is 13.7 Å². The molecule has 2 N–H and O–H groups in total. The van der Waals surface area contributed by atoms with Crippen molar-refractivity contribution in [1.29, 1.82) is 0 Å². The van der Waals surface area contributed by atoms with E-state index >= 15 is 0 Å². The summed E-state index contributed by atoms with van der Waals surface area (Å²) in [6.07, 6.45) is 3.08. The first-order valence-corrected chi connectivity index (χ1v) is 6.06. The fourth-order valence-electron chi connectivity index (χ4n) is 0.981. The Labute approximate surface area is 93.3 Å². The van der Waals surface area contributed by atoms with Crippen molar-refractivity contribution in [2.75, 3.05) is 7.11 Å². The molecule has 0 spiro atoms. The number of methoxy groups -OCH3 is 1. The van der Waals surface area contributed by atoms with E-state index in [0.29, 0.717) is 5.82 Å². The second-order valence-corrected chi connectivity index (χ2v) is 5.15. The van der Waals surface area contributed by atoms with E-state index in [1.54, 1.807) is 6.20 Å². The van der Waals surface area contributed by atoms with E-state index in [9.17, 15) is 13.2 Å². The lowest BCUT2D eigenvalue weighted by molar-refractivity contribution is -0.139. The molecule has 0 aliphatic rings. The summed E-state index contributed by atoms with van der Waals surface area (Å²) >= 11 is 0. The highest BCUT2D eigenvalue weighted by Crippen LogP contribution is 2.01. The van der Waals surface area contributed by atoms with Gasteiger partial charge < -0.3 is 9.72 Å². The fourth-order valence-corrected chi connectivity index (χ4v) is 1.92. The van der Waals surface area contributed by atoms with Gasteiger partial charge in [-0.25, -0.2) is 18.1 Å². The second-order valence-electron chi connectivity index (χ2n) is 3.07. The van der Waals surface area contributed by atoms with Gasteiger partial charge in [-0.3, -0.25) is 4.79 Å².